The summed E-state index contributed by atoms with van der Waals surface area (Å²) in [4.78, 5) is 11.8. The number of hydrogen-bond donors (Lipinski definition) is 0. The minimum absolute atomic E-state index is 0. The van der Waals surface area contributed by atoms with Crippen molar-refractivity contribution < 1.29 is 24.6 Å². The Balaban J connectivity index is 0.00000112. The van der Waals surface area contributed by atoms with Crippen molar-refractivity contribution in [2.24, 2.45) is 0 Å². The Hall–Kier alpha value is -1.25. The first kappa shape index (κ1) is 11.8. The van der Waals surface area contributed by atoms with Crippen LogP contribution < -0.4 is 0 Å². The Labute approximate surface area is 102 Å². The summed E-state index contributed by atoms with van der Waals surface area (Å²) in [7, 11) is 0. The molecule has 0 saturated carbocycles. The number of carbonyl (C=O) groups excluding carboxylic acids is 1. The fourth-order valence-corrected chi connectivity index (χ4v) is 1.28. The minimum atomic E-state index is 0. The second kappa shape index (κ2) is 5.58. The molecule has 0 aliphatic heterocycles. The van der Waals surface area contributed by atoms with Crippen LogP contribution in [0.3, 0.4) is 0 Å². The molecule has 0 spiro atoms. The molecule has 0 aliphatic carbocycles. The number of carbonyl (C=O) groups is 1. The maximum Gasteiger partial charge on any atom is 1.00 e. The molecule has 75 valence electrons. The molecule has 0 bridgehead atoms. The fourth-order valence-electron chi connectivity index (χ4n) is 1.28. The predicted octanol–water partition coefficient (Wildman–Crippen LogP) is 2.72. The topological polar surface area (TPSA) is 17.1 Å². The predicted molar refractivity (Wildman–Crippen MR) is 55.2 cm³/mol. The van der Waals surface area contributed by atoms with Crippen molar-refractivity contribution in [2.45, 2.75) is 0 Å². The third kappa shape index (κ3) is 2.85. The molecular weight excluding hydrogens is 362 g/mol. The molecule has 0 atom stereocenters. The van der Waals surface area contributed by atoms with Crippen LogP contribution >= 0.6 is 0 Å². The van der Waals surface area contributed by atoms with E-state index in [0.29, 0.717) is 11.1 Å². The molecule has 2 rings (SSSR count). The van der Waals surface area contributed by atoms with E-state index in [4.69, 9.17) is 0 Å². The van der Waals surface area contributed by atoms with Crippen molar-refractivity contribution >= 4 is 5.78 Å². The van der Waals surface area contributed by atoms with Gasteiger partial charge in [0.2, 0.25) is 0 Å². The maximum atomic E-state index is 11.8. The number of benzene rings is 2. The van der Waals surface area contributed by atoms with E-state index < -0.39 is 0 Å². The third-order valence-corrected chi connectivity index (χ3v) is 1.99. The number of ketones is 1. The van der Waals surface area contributed by atoms with Crippen LogP contribution in [0.25, 0.3) is 0 Å². The Morgan fingerprint density at radius 1 is 0.933 bits per heavy atom. The van der Waals surface area contributed by atoms with Gasteiger partial charge < -0.3 is 4.79 Å². The summed E-state index contributed by atoms with van der Waals surface area (Å²) in [6.45, 7) is 0. The van der Waals surface area contributed by atoms with Gasteiger partial charge in [0.1, 0.15) is 5.78 Å². The average molecular weight is 371 g/mol. The second-order valence-electron chi connectivity index (χ2n) is 2.97. The Morgan fingerprint density at radius 3 is 2.20 bits per heavy atom. The first-order valence-electron chi connectivity index (χ1n) is 4.44. The van der Waals surface area contributed by atoms with Crippen LogP contribution in [0.15, 0.2) is 54.6 Å². The van der Waals surface area contributed by atoms with E-state index in [9.17, 15) is 4.79 Å². The van der Waals surface area contributed by atoms with Gasteiger partial charge in [-0.25, -0.2) is 0 Å². The van der Waals surface area contributed by atoms with Crippen molar-refractivity contribution in [3.05, 3.63) is 71.8 Å². The molecule has 0 heterocycles. The molecule has 2 heteroatoms. The van der Waals surface area contributed by atoms with Gasteiger partial charge >= 0.3 is 19.8 Å². The quantitative estimate of drug-likeness (QED) is 0.586. The summed E-state index contributed by atoms with van der Waals surface area (Å²) in [6, 6.07) is 19.4. The molecule has 0 aromatic heterocycles. The number of hydrogen-bond acceptors (Lipinski definition) is 1. The van der Waals surface area contributed by atoms with Gasteiger partial charge in [-0.15, -0.1) is 35.9 Å². The molecule has 0 N–H and O–H groups in total. The molecular formula is C13H9OOs. The van der Waals surface area contributed by atoms with Crippen molar-refractivity contribution in [1.29, 1.82) is 0 Å². The van der Waals surface area contributed by atoms with Crippen molar-refractivity contribution in [1.82, 2.24) is 0 Å². The molecule has 0 fully saturated rings. The number of rotatable bonds is 2. The van der Waals surface area contributed by atoms with Crippen LogP contribution in [0.1, 0.15) is 15.9 Å². The summed E-state index contributed by atoms with van der Waals surface area (Å²) in [5, 5.41) is 0. The Bertz CT molecular complexity index is 381. The third-order valence-electron chi connectivity index (χ3n) is 1.99. The van der Waals surface area contributed by atoms with Gasteiger partial charge in [-0.05, 0) is 5.56 Å². The molecule has 2 aromatic carbocycles. The van der Waals surface area contributed by atoms with E-state index in [1.54, 1.807) is 12.1 Å². The van der Waals surface area contributed by atoms with Gasteiger partial charge in [-0.3, -0.25) is 0 Å². The van der Waals surface area contributed by atoms with Gasteiger partial charge in [-0.1, -0.05) is 30.3 Å². The van der Waals surface area contributed by atoms with Crippen LogP contribution in [0.2, 0.25) is 0 Å². The largest absolute Gasteiger partial charge is 1.00 e. The van der Waals surface area contributed by atoms with E-state index in [-0.39, 0.29) is 25.6 Å². The molecule has 1 radical (unpaired) electrons. The Kier molecular flexibility index (Phi) is 4.40. The van der Waals surface area contributed by atoms with Gasteiger partial charge in [0.25, 0.3) is 0 Å². The molecule has 0 unspecified atom stereocenters. The van der Waals surface area contributed by atoms with Crippen LogP contribution in [-0.2, 0) is 19.8 Å². The van der Waals surface area contributed by atoms with Crippen LogP contribution in [0.5, 0.6) is 0 Å². The zero-order valence-electron chi connectivity index (χ0n) is 7.96. The van der Waals surface area contributed by atoms with Crippen LogP contribution in [0, 0.1) is 6.07 Å². The summed E-state index contributed by atoms with van der Waals surface area (Å²) in [5.74, 6) is 0.0196. The SMILES string of the molecule is O=C(c1[c-]cccc1)c1ccccc1.[Os+]. The first-order chi connectivity index (χ1) is 6.88. The van der Waals surface area contributed by atoms with Gasteiger partial charge in [0.15, 0.2) is 0 Å². The van der Waals surface area contributed by atoms with Crippen molar-refractivity contribution in [2.75, 3.05) is 0 Å². The summed E-state index contributed by atoms with van der Waals surface area (Å²) >= 11 is 0. The van der Waals surface area contributed by atoms with Gasteiger partial charge in [0.05, 0.1) is 0 Å². The van der Waals surface area contributed by atoms with Crippen molar-refractivity contribution in [3.63, 3.8) is 0 Å². The molecule has 2 aromatic rings. The van der Waals surface area contributed by atoms with Gasteiger partial charge in [-0.2, -0.15) is 0 Å². The van der Waals surface area contributed by atoms with E-state index in [1.807, 2.05) is 42.5 Å². The monoisotopic (exact) mass is 373 g/mol. The molecule has 1 nitrogen and oxygen atoms in total. The van der Waals surface area contributed by atoms with E-state index in [2.05, 4.69) is 6.07 Å². The summed E-state index contributed by atoms with van der Waals surface area (Å²) < 4.78 is 0. The molecule has 0 aliphatic rings. The molecule has 15 heavy (non-hydrogen) atoms. The minimum Gasteiger partial charge on any atom is -0.346 e. The van der Waals surface area contributed by atoms with E-state index in [0.717, 1.165) is 0 Å². The average Bonchev–Trinajstić information content (AvgIpc) is 2.30. The standard InChI is InChI=1S/C13H9O.Os/c14-13(11-7-3-1-4-8-11)12-9-5-2-6-10-12;/h1-9H;/q-1;+1. The summed E-state index contributed by atoms with van der Waals surface area (Å²) in [6.07, 6.45) is 0. The fraction of sp³-hybridized carbons (Fsp3) is 0. The summed E-state index contributed by atoms with van der Waals surface area (Å²) in [5.41, 5.74) is 1.31. The zero-order valence-corrected chi connectivity index (χ0v) is 10.5. The normalized spacial score (nSPS) is 9.07. The maximum absolute atomic E-state index is 11.8. The van der Waals surface area contributed by atoms with Crippen molar-refractivity contribution in [3.8, 4) is 0 Å². The van der Waals surface area contributed by atoms with E-state index in [1.165, 1.54) is 0 Å². The smallest absolute Gasteiger partial charge is 0.346 e. The van der Waals surface area contributed by atoms with Crippen LogP contribution in [0.4, 0.5) is 0 Å². The first-order valence-corrected chi connectivity index (χ1v) is 4.44. The molecule has 0 saturated heterocycles. The zero-order chi connectivity index (χ0) is 9.80. The van der Waals surface area contributed by atoms with Crippen LogP contribution in [-0.4, -0.2) is 5.78 Å². The molecule has 0 amide bonds. The Morgan fingerprint density at radius 2 is 1.60 bits per heavy atom. The van der Waals surface area contributed by atoms with E-state index >= 15 is 0 Å². The second-order valence-corrected chi connectivity index (χ2v) is 2.97. The van der Waals surface area contributed by atoms with Gasteiger partial charge in [0, 0.05) is 0 Å².